The molecule has 1 heterocycles. The molecule has 1 unspecified atom stereocenters. The predicted octanol–water partition coefficient (Wildman–Crippen LogP) is 4.08. The van der Waals surface area contributed by atoms with Crippen LogP contribution in [0.1, 0.15) is 22.0 Å². The maximum Gasteiger partial charge on any atom is 0.238 e. The van der Waals surface area contributed by atoms with E-state index in [1.54, 1.807) is 47.7 Å². The Morgan fingerprint density at radius 2 is 1.96 bits per heavy atom. The quantitative estimate of drug-likeness (QED) is 0.692. The third-order valence-corrected chi connectivity index (χ3v) is 4.71. The van der Waals surface area contributed by atoms with Gasteiger partial charge in [-0.25, -0.2) is 4.39 Å². The number of hydrogen-bond acceptors (Lipinski definition) is 4. The van der Waals surface area contributed by atoms with E-state index < -0.39 is 0 Å². The molecule has 0 radical (unpaired) electrons. The fraction of sp³-hybridized carbons (Fsp3) is 0.100. The van der Waals surface area contributed by atoms with Crippen LogP contribution in [0.4, 0.5) is 10.1 Å². The lowest BCUT2D eigenvalue weighted by atomic mass is 10.1. The average molecular weight is 365 g/mol. The number of halogens is 1. The van der Waals surface area contributed by atoms with Gasteiger partial charge in [0, 0.05) is 10.6 Å². The lowest BCUT2D eigenvalue weighted by Crippen LogP contribution is -2.31. The van der Waals surface area contributed by atoms with Crippen molar-refractivity contribution in [1.29, 1.82) is 5.26 Å². The monoisotopic (exact) mass is 365 g/mol. The average Bonchev–Trinajstić information content (AvgIpc) is 3.18. The van der Waals surface area contributed by atoms with Crippen molar-refractivity contribution in [3.8, 4) is 6.07 Å². The first kappa shape index (κ1) is 17.8. The molecule has 1 aromatic heterocycles. The Morgan fingerprint density at radius 3 is 2.65 bits per heavy atom. The Bertz CT molecular complexity index is 917. The molecule has 3 rings (SSSR count). The number of hydrogen-bond donors (Lipinski definition) is 2. The molecule has 0 saturated carbocycles. The number of nitrogens with one attached hydrogen (secondary N) is 2. The molecular formula is C20H16FN3OS. The van der Waals surface area contributed by atoms with Gasteiger partial charge < -0.3 is 5.32 Å². The zero-order valence-electron chi connectivity index (χ0n) is 13.8. The topological polar surface area (TPSA) is 64.9 Å². The molecule has 0 saturated heterocycles. The van der Waals surface area contributed by atoms with Crippen LogP contribution in [0, 0.1) is 17.1 Å². The molecule has 0 aliphatic carbocycles. The Balaban J connectivity index is 1.68. The van der Waals surface area contributed by atoms with Crippen LogP contribution in [0.5, 0.6) is 0 Å². The van der Waals surface area contributed by atoms with E-state index in [0.717, 1.165) is 10.4 Å². The second-order valence-electron chi connectivity index (χ2n) is 5.62. The van der Waals surface area contributed by atoms with Crippen molar-refractivity contribution in [3.05, 3.63) is 87.9 Å². The lowest BCUT2D eigenvalue weighted by Gasteiger charge is -2.18. The zero-order chi connectivity index (χ0) is 18.4. The minimum atomic E-state index is -0.297. The molecule has 4 nitrogen and oxygen atoms in total. The molecule has 0 spiro atoms. The van der Waals surface area contributed by atoms with Gasteiger partial charge in [-0.05, 0) is 47.3 Å². The number of nitrogens with zero attached hydrogens (tertiary/aromatic N) is 1. The zero-order valence-corrected chi connectivity index (χ0v) is 14.6. The fourth-order valence-electron chi connectivity index (χ4n) is 2.56. The van der Waals surface area contributed by atoms with Crippen LogP contribution in [-0.4, -0.2) is 12.5 Å². The van der Waals surface area contributed by atoms with Gasteiger partial charge in [-0.3, -0.25) is 10.1 Å². The fourth-order valence-corrected chi connectivity index (χ4v) is 3.39. The highest BCUT2D eigenvalue weighted by atomic mass is 32.1. The highest BCUT2D eigenvalue weighted by Crippen LogP contribution is 2.26. The Hall–Kier alpha value is -3.01. The van der Waals surface area contributed by atoms with Crippen molar-refractivity contribution in [2.45, 2.75) is 6.04 Å². The predicted molar refractivity (Wildman–Crippen MR) is 100 cm³/mol. The van der Waals surface area contributed by atoms with Gasteiger partial charge in [-0.15, -0.1) is 11.3 Å². The summed E-state index contributed by atoms with van der Waals surface area (Å²) < 4.78 is 13.2. The number of nitriles is 1. The number of benzene rings is 2. The number of rotatable bonds is 6. The van der Waals surface area contributed by atoms with E-state index in [0.29, 0.717) is 11.3 Å². The van der Waals surface area contributed by atoms with Crippen molar-refractivity contribution in [3.63, 3.8) is 0 Å². The molecule has 1 amide bonds. The summed E-state index contributed by atoms with van der Waals surface area (Å²) in [5.41, 5.74) is 1.94. The van der Waals surface area contributed by atoms with Crippen LogP contribution in [0.25, 0.3) is 0 Å². The van der Waals surface area contributed by atoms with Gasteiger partial charge in [-0.2, -0.15) is 5.26 Å². The first-order chi connectivity index (χ1) is 12.7. The number of carbonyl (C=O) groups excluding carboxylic acids is 1. The summed E-state index contributed by atoms with van der Waals surface area (Å²) in [5, 5.41) is 16.9. The standard InChI is InChI=1S/C20H16FN3OS/c21-16-8-6-15(7-9-16)20(18-5-2-10-26-18)23-13-19(25)24-17-4-1-3-14(11-17)12-22/h1-11,20,23H,13H2,(H,24,25). The van der Waals surface area contributed by atoms with Crippen molar-refractivity contribution < 1.29 is 9.18 Å². The van der Waals surface area contributed by atoms with Crippen molar-refractivity contribution in [1.82, 2.24) is 5.32 Å². The summed E-state index contributed by atoms with van der Waals surface area (Å²) >= 11 is 1.57. The second-order valence-corrected chi connectivity index (χ2v) is 6.60. The summed E-state index contributed by atoms with van der Waals surface area (Å²) in [5.74, 6) is -0.516. The third-order valence-electron chi connectivity index (χ3n) is 3.77. The summed E-state index contributed by atoms with van der Waals surface area (Å²) in [6.07, 6.45) is 0. The number of anilines is 1. The summed E-state index contributed by atoms with van der Waals surface area (Å²) in [6.45, 7) is 0.0801. The van der Waals surface area contributed by atoms with Crippen LogP contribution in [0.3, 0.4) is 0 Å². The Kier molecular flexibility index (Phi) is 5.74. The van der Waals surface area contributed by atoms with E-state index in [-0.39, 0.29) is 24.3 Å². The van der Waals surface area contributed by atoms with Crippen LogP contribution < -0.4 is 10.6 Å². The summed E-state index contributed by atoms with van der Waals surface area (Å²) in [6, 6.07) is 18.7. The van der Waals surface area contributed by atoms with E-state index in [2.05, 4.69) is 10.6 Å². The number of carbonyl (C=O) groups is 1. The van der Waals surface area contributed by atoms with Gasteiger partial charge >= 0.3 is 0 Å². The molecule has 2 N–H and O–H groups in total. The molecule has 130 valence electrons. The SMILES string of the molecule is N#Cc1cccc(NC(=O)CNC(c2ccc(F)cc2)c2cccs2)c1. The highest BCUT2D eigenvalue weighted by molar-refractivity contribution is 7.10. The summed E-state index contributed by atoms with van der Waals surface area (Å²) in [7, 11) is 0. The number of thiophene rings is 1. The largest absolute Gasteiger partial charge is 0.325 e. The van der Waals surface area contributed by atoms with E-state index in [4.69, 9.17) is 5.26 Å². The molecule has 2 aromatic carbocycles. The van der Waals surface area contributed by atoms with Crippen molar-refractivity contribution in [2.24, 2.45) is 0 Å². The molecule has 1 atom stereocenters. The number of amides is 1. The van der Waals surface area contributed by atoms with Crippen molar-refractivity contribution >= 4 is 22.9 Å². The molecule has 3 aromatic rings. The summed E-state index contributed by atoms with van der Waals surface area (Å²) in [4.78, 5) is 13.3. The minimum Gasteiger partial charge on any atom is -0.325 e. The third kappa shape index (κ3) is 4.54. The Morgan fingerprint density at radius 1 is 1.15 bits per heavy atom. The maximum absolute atomic E-state index is 13.2. The van der Waals surface area contributed by atoms with Gasteiger partial charge in [-0.1, -0.05) is 24.3 Å². The molecule has 0 fully saturated rings. The van der Waals surface area contributed by atoms with Gasteiger partial charge in [0.2, 0.25) is 5.91 Å². The van der Waals surface area contributed by atoms with Gasteiger partial charge in [0.1, 0.15) is 5.82 Å². The van der Waals surface area contributed by atoms with Crippen LogP contribution in [0.15, 0.2) is 66.0 Å². The molecule has 0 aliphatic rings. The van der Waals surface area contributed by atoms with E-state index in [1.807, 2.05) is 23.6 Å². The first-order valence-corrected chi connectivity index (χ1v) is 8.86. The minimum absolute atomic E-state index is 0.0801. The van der Waals surface area contributed by atoms with Gasteiger partial charge in [0.25, 0.3) is 0 Å². The van der Waals surface area contributed by atoms with Crippen LogP contribution in [0.2, 0.25) is 0 Å². The van der Waals surface area contributed by atoms with Gasteiger partial charge in [0.05, 0.1) is 24.2 Å². The molecular weight excluding hydrogens is 349 g/mol. The molecule has 0 bridgehead atoms. The Labute approximate surface area is 154 Å². The molecule has 26 heavy (non-hydrogen) atoms. The van der Waals surface area contributed by atoms with E-state index >= 15 is 0 Å². The van der Waals surface area contributed by atoms with E-state index in [1.165, 1.54) is 12.1 Å². The van der Waals surface area contributed by atoms with Gasteiger partial charge in [0.15, 0.2) is 0 Å². The second kappa shape index (κ2) is 8.39. The first-order valence-electron chi connectivity index (χ1n) is 7.98. The van der Waals surface area contributed by atoms with Crippen LogP contribution >= 0.6 is 11.3 Å². The van der Waals surface area contributed by atoms with Crippen LogP contribution in [-0.2, 0) is 4.79 Å². The highest BCUT2D eigenvalue weighted by Gasteiger charge is 2.16. The van der Waals surface area contributed by atoms with E-state index in [9.17, 15) is 9.18 Å². The lowest BCUT2D eigenvalue weighted by molar-refractivity contribution is -0.115. The smallest absolute Gasteiger partial charge is 0.238 e. The maximum atomic E-state index is 13.2. The normalized spacial score (nSPS) is 11.5. The molecule has 6 heteroatoms. The molecule has 0 aliphatic heterocycles. The van der Waals surface area contributed by atoms with Crippen molar-refractivity contribution in [2.75, 3.05) is 11.9 Å².